The predicted octanol–water partition coefficient (Wildman–Crippen LogP) is 2.56. The van der Waals surface area contributed by atoms with Crippen molar-refractivity contribution in [3.05, 3.63) is 18.1 Å². The van der Waals surface area contributed by atoms with Crippen LogP contribution >= 0.6 is 0 Å². The van der Waals surface area contributed by atoms with Crippen molar-refractivity contribution in [1.29, 1.82) is 0 Å². The van der Waals surface area contributed by atoms with Gasteiger partial charge in [-0.3, -0.25) is 4.79 Å². The van der Waals surface area contributed by atoms with E-state index in [0.717, 1.165) is 13.1 Å². The molecule has 5 nitrogen and oxygen atoms in total. The second-order valence-electron chi connectivity index (χ2n) is 5.51. The first-order valence-electron chi connectivity index (χ1n) is 7.52. The van der Waals surface area contributed by atoms with Crippen LogP contribution in [0.25, 0.3) is 0 Å². The molecule has 1 amide bonds. The first-order valence-corrected chi connectivity index (χ1v) is 7.52. The number of nitrogens with zero attached hydrogens (tertiary/aromatic N) is 3. The molecule has 2 rings (SSSR count). The second-order valence-corrected chi connectivity index (χ2v) is 5.51. The number of aromatic nitrogens is 2. The Morgan fingerprint density at radius 2 is 2.05 bits per heavy atom. The molecule has 1 aliphatic rings. The molecule has 5 heteroatoms. The van der Waals surface area contributed by atoms with Gasteiger partial charge in [0.15, 0.2) is 0 Å². The van der Waals surface area contributed by atoms with Crippen LogP contribution in [0.15, 0.2) is 12.4 Å². The third-order valence-corrected chi connectivity index (χ3v) is 3.83. The van der Waals surface area contributed by atoms with Gasteiger partial charge < -0.3 is 10.2 Å². The number of hydrogen-bond acceptors (Lipinski definition) is 4. The third kappa shape index (κ3) is 3.92. The molecule has 0 radical (unpaired) electrons. The summed E-state index contributed by atoms with van der Waals surface area (Å²) >= 11 is 0. The highest BCUT2D eigenvalue weighted by Crippen LogP contribution is 2.24. The zero-order valence-corrected chi connectivity index (χ0v) is 12.4. The van der Waals surface area contributed by atoms with Gasteiger partial charge in [-0.15, -0.1) is 0 Å². The van der Waals surface area contributed by atoms with Gasteiger partial charge >= 0.3 is 0 Å². The maximum absolute atomic E-state index is 12.3. The molecule has 0 aliphatic heterocycles. The maximum Gasteiger partial charge on any atom is 0.273 e. The summed E-state index contributed by atoms with van der Waals surface area (Å²) in [7, 11) is 1.86. The molecule has 0 spiro atoms. The molecule has 20 heavy (non-hydrogen) atoms. The van der Waals surface area contributed by atoms with E-state index in [1.165, 1.54) is 32.1 Å². The van der Waals surface area contributed by atoms with Crippen LogP contribution in [0.3, 0.4) is 0 Å². The fraction of sp³-hybridized carbons (Fsp3) is 0.667. The predicted molar refractivity (Wildman–Crippen MR) is 79.7 cm³/mol. The van der Waals surface area contributed by atoms with Crippen molar-refractivity contribution in [2.45, 2.75) is 39.0 Å². The topological polar surface area (TPSA) is 58.1 Å². The van der Waals surface area contributed by atoms with E-state index < -0.39 is 0 Å². The van der Waals surface area contributed by atoms with E-state index in [1.54, 1.807) is 17.3 Å². The Hall–Kier alpha value is -1.65. The number of nitrogens with one attached hydrogen (secondary N) is 1. The number of carbonyl (C=O) groups excluding carboxylic acids is 1. The summed E-state index contributed by atoms with van der Waals surface area (Å²) in [5.41, 5.74) is 0.421. The Morgan fingerprint density at radius 1 is 1.30 bits per heavy atom. The van der Waals surface area contributed by atoms with Crippen molar-refractivity contribution in [3.8, 4) is 0 Å². The minimum atomic E-state index is -0.0360. The van der Waals surface area contributed by atoms with Gasteiger partial charge in [0.1, 0.15) is 11.5 Å². The monoisotopic (exact) mass is 276 g/mol. The number of hydrogen-bond donors (Lipinski definition) is 1. The van der Waals surface area contributed by atoms with E-state index >= 15 is 0 Å². The molecule has 0 unspecified atom stereocenters. The Morgan fingerprint density at radius 3 is 2.65 bits per heavy atom. The summed E-state index contributed by atoms with van der Waals surface area (Å²) < 4.78 is 0. The first-order chi connectivity index (χ1) is 9.70. The van der Waals surface area contributed by atoms with Crippen LogP contribution in [0.2, 0.25) is 0 Å². The quantitative estimate of drug-likeness (QED) is 0.898. The van der Waals surface area contributed by atoms with E-state index in [-0.39, 0.29) is 5.91 Å². The van der Waals surface area contributed by atoms with Gasteiger partial charge in [-0.25, -0.2) is 9.97 Å². The molecule has 0 saturated heterocycles. The van der Waals surface area contributed by atoms with Crippen molar-refractivity contribution < 1.29 is 4.79 Å². The molecule has 0 aromatic carbocycles. The Bertz CT molecular complexity index is 426. The van der Waals surface area contributed by atoms with Crippen LogP contribution in [-0.4, -0.2) is 40.9 Å². The molecule has 1 saturated carbocycles. The van der Waals surface area contributed by atoms with Gasteiger partial charge in [0.05, 0.1) is 12.4 Å². The smallest absolute Gasteiger partial charge is 0.273 e. The lowest BCUT2D eigenvalue weighted by molar-refractivity contribution is 0.0754. The SMILES string of the molecule is CCNc1cnc(C(=O)N(C)CC2CCCCC2)cn1. The molecule has 0 bridgehead atoms. The maximum atomic E-state index is 12.3. The number of amides is 1. The van der Waals surface area contributed by atoms with Crippen LogP contribution in [0, 0.1) is 5.92 Å². The largest absolute Gasteiger partial charge is 0.369 e. The molecule has 1 aliphatic carbocycles. The molecule has 0 atom stereocenters. The molecule has 1 aromatic heterocycles. The van der Waals surface area contributed by atoms with Gasteiger partial charge in [0.25, 0.3) is 5.91 Å². The number of anilines is 1. The minimum Gasteiger partial charge on any atom is -0.369 e. The summed E-state index contributed by atoms with van der Waals surface area (Å²) in [4.78, 5) is 22.5. The van der Waals surface area contributed by atoms with Crippen LogP contribution in [0.4, 0.5) is 5.82 Å². The van der Waals surface area contributed by atoms with Crippen molar-refractivity contribution in [1.82, 2.24) is 14.9 Å². The number of rotatable bonds is 5. The lowest BCUT2D eigenvalue weighted by Gasteiger charge is -2.26. The highest BCUT2D eigenvalue weighted by atomic mass is 16.2. The van der Waals surface area contributed by atoms with E-state index in [2.05, 4.69) is 15.3 Å². The van der Waals surface area contributed by atoms with E-state index in [0.29, 0.717) is 17.4 Å². The second kappa shape index (κ2) is 7.22. The fourth-order valence-electron chi connectivity index (χ4n) is 2.75. The normalized spacial score (nSPS) is 15.9. The van der Waals surface area contributed by atoms with Crippen LogP contribution in [0.1, 0.15) is 49.5 Å². The van der Waals surface area contributed by atoms with Crippen molar-refractivity contribution in [2.24, 2.45) is 5.92 Å². The molecule has 1 heterocycles. The van der Waals surface area contributed by atoms with Gasteiger partial charge in [-0.05, 0) is 25.7 Å². The highest BCUT2D eigenvalue weighted by molar-refractivity contribution is 5.91. The minimum absolute atomic E-state index is 0.0360. The number of carbonyl (C=O) groups is 1. The van der Waals surface area contributed by atoms with Crippen molar-refractivity contribution >= 4 is 11.7 Å². The standard InChI is InChI=1S/C15H24N4O/c1-3-16-14-10-17-13(9-18-14)15(20)19(2)11-12-7-5-4-6-8-12/h9-10,12H,3-8,11H2,1-2H3,(H,16,18). The third-order valence-electron chi connectivity index (χ3n) is 3.83. The Balaban J connectivity index is 1.91. The molecule has 110 valence electrons. The van der Waals surface area contributed by atoms with E-state index in [4.69, 9.17) is 0 Å². The van der Waals surface area contributed by atoms with Crippen molar-refractivity contribution in [2.75, 3.05) is 25.5 Å². The van der Waals surface area contributed by atoms with Crippen LogP contribution < -0.4 is 5.32 Å². The Kier molecular flexibility index (Phi) is 5.32. The summed E-state index contributed by atoms with van der Waals surface area (Å²) in [5.74, 6) is 1.32. The summed E-state index contributed by atoms with van der Waals surface area (Å²) in [5, 5.41) is 3.07. The van der Waals surface area contributed by atoms with Crippen LogP contribution in [-0.2, 0) is 0 Å². The first kappa shape index (κ1) is 14.8. The average Bonchev–Trinajstić information content (AvgIpc) is 2.48. The molecule has 1 fully saturated rings. The molecule has 1 aromatic rings. The summed E-state index contributed by atoms with van der Waals surface area (Å²) in [6.45, 7) is 3.62. The Labute approximate surface area is 120 Å². The lowest BCUT2D eigenvalue weighted by atomic mass is 9.89. The summed E-state index contributed by atoms with van der Waals surface area (Å²) in [6.07, 6.45) is 9.58. The van der Waals surface area contributed by atoms with E-state index in [1.807, 2.05) is 14.0 Å². The molecular formula is C15H24N4O. The van der Waals surface area contributed by atoms with Gasteiger partial charge in [0.2, 0.25) is 0 Å². The lowest BCUT2D eigenvalue weighted by Crippen LogP contribution is -2.33. The molecule has 1 N–H and O–H groups in total. The zero-order chi connectivity index (χ0) is 14.4. The van der Waals surface area contributed by atoms with Crippen molar-refractivity contribution in [3.63, 3.8) is 0 Å². The van der Waals surface area contributed by atoms with Gasteiger partial charge in [0, 0.05) is 20.1 Å². The molecular weight excluding hydrogens is 252 g/mol. The summed E-state index contributed by atoms with van der Waals surface area (Å²) in [6, 6.07) is 0. The highest BCUT2D eigenvalue weighted by Gasteiger charge is 2.20. The average molecular weight is 276 g/mol. The van der Waals surface area contributed by atoms with Crippen LogP contribution in [0.5, 0.6) is 0 Å². The van der Waals surface area contributed by atoms with Gasteiger partial charge in [-0.2, -0.15) is 0 Å². The van der Waals surface area contributed by atoms with Gasteiger partial charge in [-0.1, -0.05) is 19.3 Å². The zero-order valence-electron chi connectivity index (χ0n) is 12.4. The van der Waals surface area contributed by atoms with E-state index in [9.17, 15) is 4.79 Å². The fourth-order valence-corrected chi connectivity index (χ4v) is 2.75.